The normalized spacial score (nSPS) is 43.4. The molecular formula is C47H79N3O13. The van der Waals surface area contributed by atoms with Gasteiger partial charge in [-0.2, -0.15) is 10.2 Å². The fourth-order valence-electron chi connectivity index (χ4n) is 9.81. The molecule has 3 saturated heterocycles. The van der Waals surface area contributed by atoms with E-state index in [2.05, 4.69) is 5.10 Å². The van der Waals surface area contributed by atoms with Crippen LogP contribution in [0.1, 0.15) is 107 Å². The van der Waals surface area contributed by atoms with Gasteiger partial charge in [-0.1, -0.05) is 27.7 Å². The Hall–Kier alpha value is -2.61. The molecule has 5 unspecified atom stereocenters. The number of nitrogens with zero attached hydrogens (tertiary/aromatic N) is 3. The molecule has 0 bridgehead atoms. The molecule has 63 heavy (non-hydrogen) atoms. The van der Waals surface area contributed by atoms with Gasteiger partial charge in [0.25, 0.3) is 0 Å². The van der Waals surface area contributed by atoms with E-state index >= 15 is 0 Å². The third-order valence-electron chi connectivity index (χ3n) is 14.1. The van der Waals surface area contributed by atoms with Crippen molar-refractivity contribution in [1.29, 1.82) is 0 Å². The summed E-state index contributed by atoms with van der Waals surface area (Å²) in [5, 5.41) is 56.7. The number of methoxy groups -OCH3 is 3. The lowest BCUT2D eigenvalue weighted by Gasteiger charge is -2.50. The summed E-state index contributed by atoms with van der Waals surface area (Å²) >= 11 is 0. The van der Waals surface area contributed by atoms with Crippen molar-refractivity contribution in [3.8, 4) is 5.75 Å². The molecule has 0 amide bonds. The number of aliphatic hydroxyl groups excluding tert-OH is 3. The molecule has 3 aliphatic rings. The van der Waals surface area contributed by atoms with E-state index in [1.165, 1.54) is 14.0 Å². The molecule has 0 aliphatic carbocycles. The molecule has 4 N–H and O–H groups in total. The minimum Gasteiger partial charge on any atom is -0.497 e. The van der Waals surface area contributed by atoms with Gasteiger partial charge in [0.1, 0.15) is 29.7 Å². The van der Waals surface area contributed by atoms with Crippen molar-refractivity contribution in [2.75, 3.05) is 35.4 Å². The van der Waals surface area contributed by atoms with Crippen molar-refractivity contribution in [2.45, 2.75) is 186 Å². The number of carbonyl (C=O) groups is 1. The predicted octanol–water partition coefficient (Wildman–Crippen LogP) is 4.74. The van der Waals surface area contributed by atoms with E-state index in [-0.39, 0.29) is 31.4 Å². The van der Waals surface area contributed by atoms with Crippen LogP contribution in [0.25, 0.3) is 0 Å². The number of cyclic esters (lactones) is 1. The maximum absolute atomic E-state index is 14.5. The fraction of sp³-hybridized carbons (Fsp3) is 0.809. The van der Waals surface area contributed by atoms with Crippen LogP contribution in [-0.2, 0) is 38.0 Å². The van der Waals surface area contributed by atoms with Gasteiger partial charge in [0.2, 0.25) is 0 Å². The Kier molecular flexibility index (Phi) is 18.3. The number of ether oxygens (including phenoxy) is 8. The quantitative estimate of drug-likeness (QED) is 0.135. The summed E-state index contributed by atoms with van der Waals surface area (Å²) in [6.07, 6.45) is -8.49. The Morgan fingerprint density at radius 2 is 1.49 bits per heavy atom. The molecule has 3 aliphatic heterocycles. The standard InChI is InChI=1S/C47H79N3O13/c1-17-35-47(11,55)40(52)27(4)37(49-48-30(7)32-18-20-33(56-14)21-19-32)25(2)23-46(10,58-16)42(63-44-38(51)34(50(12)13)22-26(3)59-44)28(5)39(29(6)43(54)61-35)62-36-24-45(9,57-15)41(53)31(8)60-36/h18-21,25-29,31,34-36,38-42,44,51-53,55H,17,22-24H2,1-16H3/b48-30+,49-37+/t25-,26?,27+,28+,29-,31+,34?,35-,36?,38?,39+,40-,41+,42-,44?,45-,46-,47-/m1/s1. The summed E-state index contributed by atoms with van der Waals surface area (Å²) in [4.78, 5) is 16.5. The molecule has 18 atom stereocenters. The van der Waals surface area contributed by atoms with Crippen LogP contribution >= 0.6 is 0 Å². The van der Waals surface area contributed by atoms with Gasteiger partial charge in [0.15, 0.2) is 12.6 Å². The minimum absolute atomic E-state index is 0.128. The monoisotopic (exact) mass is 894 g/mol. The van der Waals surface area contributed by atoms with E-state index in [4.69, 9.17) is 43.0 Å². The maximum atomic E-state index is 14.5. The highest BCUT2D eigenvalue weighted by atomic mass is 16.7. The topological polar surface area (TPSA) is 200 Å². The van der Waals surface area contributed by atoms with E-state index in [0.29, 0.717) is 23.6 Å². The summed E-state index contributed by atoms with van der Waals surface area (Å²) in [6, 6.07) is 7.13. The van der Waals surface area contributed by atoms with Gasteiger partial charge in [-0.25, -0.2) is 0 Å². The van der Waals surface area contributed by atoms with Crippen LogP contribution in [0.5, 0.6) is 5.75 Å². The molecule has 0 spiro atoms. The average molecular weight is 894 g/mol. The number of likely N-dealkylation sites (N-methyl/N-ethyl adjacent to an activating group) is 1. The summed E-state index contributed by atoms with van der Waals surface area (Å²) < 4.78 is 50.3. The number of hydrogen-bond donors (Lipinski definition) is 4. The van der Waals surface area contributed by atoms with Crippen LogP contribution in [0.15, 0.2) is 34.5 Å². The Labute approximate surface area is 375 Å². The Balaban J connectivity index is 1.94. The Morgan fingerprint density at radius 1 is 0.873 bits per heavy atom. The molecule has 4 rings (SSSR count). The van der Waals surface area contributed by atoms with Crippen LogP contribution in [-0.4, -0.2) is 162 Å². The second kappa shape index (κ2) is 21.8. The molecule has 0 radical (unpaired) electrons. The summed E-state index contributed by atoms with van der Waals surface area (Å²) in [5.41, 5.74) is -2.33. The van der Waals surface area contributed by atoms with Gasteiger partial charge >= 0.3 is 5.97 Å². The maximum Gasteiger partial charge on any atom is 0.311 e. The number of rotatable bonds is 11. The van der Waals surface area contributed by atoms with Crippen LogP contribution < -0.4 is 4.74 Å². The SMILES string of the molecule is CC[C@H]1OC(=O)[C@H](C)[C@@H](OC2C[C@@](C)(OC)[C@@H](O)[C@H](C)O2)[C@H](C)[C@@H](OC2OC(C)CC(N(C)C)C2O)[C@](C)(OC)C[C@@H](C)/C(=N\N=C(/C)c2ccc(OC)cc2)[C@H](C)[C@@H](O)[C@]1(C)O. The smallest absolute Gasteiger partial charge is 0.311 e. The molecule has 1 aromatic rings. The average Bonchev–Trinajstić information content (AvgIpc) is 3.24. The van der Waals surface area contributed by atoms with Crippen LogP contribution in [0.2, 0.25) is 0 Å². The zero-order valence-electron chi connectivity index (χ0n) is 40.6. The van der Waals surface area contributed by atoms with Crippen LogP contribution in [0.3, 0.4) is 0 Å². The minimum atomic E-state index is -1.94. The van der Waals surface area contributed by atoms with E-state index < -0.39 is 102 Å². The lowest BCUT2D eigenvalue weighted by molar-refractivity contribution is -0.319. The molecule has 3 heterocycles. The summed E-state index contributed by atoms with van der Waals surface area (Å²) in [6.45, 7) is 19.7. The molecule has 16 nitrogen and oxygen atoms in total. The van der Waals surface area contributed by atoms with Gasteiger partial charge in [0.05, 0.1) is 60.5 Å². The van der Waals surface area contributed by atoms with Crippen molar-refractivity contribution in [3.63, 3.8) is 0 Å². The molecule has 3 fully saturated rings. The number of benzene rings is 1. The molecule has 16 heteroatoms. The molecule has 0 aromatic heterocycles. The highest BCUT2D eigenvalue weighted by Gasteiger charge is 2.54. The van der Waals surface area contributed by atoms with Crippen LogP contribution in [0.4, 0.5) is 0 Å². The van der Waals surface area contributed by atoms with E-state index in [0.717, 1.165) is 5.56 Å². The van der Waals surface area contributed by atoms with E-state index in [1.807, 2.05) is 77.9 Å². The van der Waals surface area contributed by atoms with Crippen molar-refractivity contribution in [2.24, 2.45) is 33.9 Å². The fourth-order valence-corrected chi connectivity index (χ4v) is 9.81. The van der Waals surface area contributed by atoms with Gasteiger partial charge in [-0.15, -0.1) is 0 Å². The third kappa shape index (κ3) is 11.9. The predicted molar refractivity (Wildman–Crippen MR) is 239 cm³/mol. The van der Waals surface area contributed by atoms with Gasteiger partial charge in [0, 0.05) is 44.2 Å². The second-order valence-electron chi connectivity index (χ2n) is 19.2. The summed E-state index contributed by atoms with van der Waals surface area (Å²) in [7, 11) is 8.49. The largest absolute Gasteiger partial charge is 0.497 e. The third-order valence-corrected chi connectivity index (χ3v) is 14.1. The highest BCUT2D eigenvalue weighted by molar-refractivity contribution is 5.99. The van der Waals surface area contributed by atoms with E-state index in [1.54, 1.807) is 48.8 Å². The summed E-state index contributed by atoms with van der Waals surface area (Å²) in [5.74, 6) is -2.99. The number of carbonyl (C=O) groups excluding carboxylic acids is 1. The first kappa shape index (κ1) is 53.0. The number of esters is 1. The number of aliphatic hydroxyl groups is 4. The van der Waals surface area contributed by atoms with Gasteiger partial charge in [-0.3, -0.25) is 4.79 Å². The van der Waals surface area contributed by atoms with Gasteiger partial charge < -0.3 is 63.2 Å². The van der Waals surface area contributed by atoms with Gasteiger partial charge in [-0.05, 0) is 118 Å². The second-order valence-corrected chi connectivity index (χ2v) is 19.2. The molecule has 0 saturated carbocycles. The number of hydrogen-bond acceptors (Lipinski definition) is 16. The first-order valence-electron chi connectivity index (χ1n) is 22.5. The van der Waals surface area contributed by atoms with Crippen LogP contribution in [0, 0.1) is 23.7 Å². The lowest BCUT2D eigenvalue weighted by atomic mass is 9.73. The lowest BCUT2D eigenvalue weighted by Crippen LogP contribution is -2.61. The first-order valence-corrected chi connectivity index (χ1v) is 22.5. The molecular weight excluding hydrogens is 815 g/mol. The first-order chi connectivity index (χ1) is 29.4. The zero-order valence-corrected chi connectivity index (χ0v) is 40.6. The molecule has 1 aromatic carbocycles. The Bertz CT molecular complexity index is 1690. The molecule has 360 valence electrons. The van der Waals surface area contributed by atoms with Crippen molar-refractivity contribution in [3.05, 3.63) is 29.8 Å². The van der Waals surface area contributed by atoms with E-state index in [9.17, 15) is 25.2 Å². The van der Waals surface area contributed by atoms with Crippen molar-refractivity contribution < 1.29 is 63.1 Å². The Morgan fingerprint density at radius 3 is 2.05 bits per heavy atom. The highest BCUT2D eigenvalue weighted by Crippen LogP contribution is 2.42. The van der Waals surface area contributed by atoms with Crippen molar-refractivity contribution in [1.82, 2.24) is 4.90 Å². The van der Waals surface area contributed by atoms with Crippen molar-refractivity contribution >= 4 is 17.4 Å². The zero-order chi connectivity index (χ0) is 47.4.